The third-order valence-electron chi connectivity index (χ3n) is 5.11. The van der Waals surface area contributed by atoms with Crippen LogP contribution in [0.5, 0.6) is 0 Å². The topological polar surface area (TPSA) is 112 Å². The molecule has 28 heavy (non-hydrogen) atoms. The van der Waals surface area contributed by atoms with Crippen LogP contribution < -0.4 is 4.90 Å². The third-order valence-corrected chi connectivity index (χ3v) is 7.00. The molecule has 10 heteroatoms. The first-order chi connectivity index (χ1) is 13.5. The van der Waals surface area contributed by atoms with E-state index >= 15 is 0 Å². The number of aromatic nitrogens is 3. The van der Waals surface area contributed by atoms with E-state index in [1.165, 1.54) is 15.3 Å². The molecule has 9 nitrogen and oxygen atoms in total. The van der Waals surface area contributed by atoms with E-state index in [-0.39, 0.29) is 23.2 Å². The molecule has 0 atom stereocenters. The average Bonchev–Trinajstić information content (AvgIpc) is 3.39. The third kappa shape index (κ3) is 3.39. The number of rotatable bonds is 4. The van der Waals surface area contributed by atoms with Gasteiger partial charge in [0.25, 0.3) is 5.82 Å². The van der Waals surface area contributed by atoms with Gasteiger partial charge in [0, 0.05) is 25.3 Å². The molecule has 146 valence electrons. The van der Waals surface area contributed by atoms with Crippen LogP contribution in [0.2, 0.25) is 0 Å². The Balaban J connectivity index is 1.58. The lowest BCUT2D eigenvalue weighted by Gasteiger charge is -2.30. The van der Waals surface area contributed by atoms with Crippen molar-refractivity contribution in [3.05, 3.63) is 35.9 Å². The summed E-state index contributed by atoms with van der Waals surface area (Å²) < 4.78 is 28.5. The van der Waals surface area contributed by atoms with Gasteiger partial charge in [-0.15, -0.1) is 5.10 Å². The van der Waals surface area contributed by atoms with Gasteiger partial charge in [-0.2, -0.15) is 9.57 Å². The van der Waals surface area contributed by atoms with E-state index in [2.05, 4.69) is 10.1 Å². The Kier molecular flexibility index (Phi) is 4.87. The first-order valence-electron chi connectivity index (χ1n) is 9.22. The summed E-state index contributed by atoms with van der Waals surface area (Å²) in [6, 6.07) is 6.83. The number of nitrogens with zero attached hydrogens (tertiary/aromatic N) is 6. The fraction of sp³-hybridized carbons (Fsp3) is 0.444. The van der Waals surface area contributed by atoms with E-state index in [0.717, 1.165) is 36.9 Å². The second kappa shape index (κ2) is 7.33. The number of nitriles is 1. The van der Waals surface area contributed by atoms with Crippen LogP contribution in [0.25, 0.3) is 0 Å². The Morgan fingerprint density at radius 3 is 2.68 bits per heavy atom. The summed E-state index contributed by atoms with van der Waals surface area (Å²) >= 11 is 0. The van der Waals surface area contributed by atoms with Crippen molar-refractivity contribution < 1.29 is 13.2 Å². The van der Waals surface area contributed by atoms with Gasteiger partial charge in [0.2, 0.25) is 15.9 Å². The maximum absolute atomic E-state index is 12.8. The molecule has 4 rings (SSSR count). The minimum Gasteiger partial charge on any atom is -0.311 e. The maximum Gasteiger partial charge on any atom is 0.252 e. The first kappa shape index (κ1) is 18.6. The fourth-order valence-electron chi connectivity index (χ4n) is 3.72. The number of carbonyl (C=O) groups is 1. The molecule has 2 aliphatic rings. The highest BCUT2D eigenvalue weighted by atomic mass is 32.2. The highest BCUT2D eigenvalue weighted by molar-refractivity contribution is 7.89. The van der Waals surface area contributed by atoms with E-state index in [1.54, 1.807) is 23.1 Å². The number of hydrogen-bond acceptors (Lipinski definition) is 6. The molecule has 0 spiro atoms. The SMILES string of the molecule is N#Cc1ncn(CC(=O)N2CCCc3cc(S(=O)(=O)N4CCCC4)ccc32)n1. The Morgan fingerprint density at radius 1 is 1.18 bits per heavy atom. The summed E-state index contributed by atoms with van der Waals surface area (Å²) in [4.78, 5) is 18.5. The van der Waals surface area contributed by atoms with Gasteiger partial charge in [-0.1, -0.05) is 0 Å². The molecule has 1 saturated heterocycles. The van der Waals surface area contributed by atoms with Gasteiger partial charge in [0.1, 0.15) is 18.9 Å². The molecule has 0 radical (unpaired) electrons. The predicted molar refractivity (Wildman–Crippen MR) is 99.8 cm³/mol. The maximum atomic E-state index is 12.8. The largest absolute Gasteiger partial charge is 0.311 e. The number of anilines is 1. The van der Waals surface area contributed by atoms with Gasteiger partial charge in [-0.3, -0.25) is 4.79 Å². The quantitative estimate of drug-likeness (QED) is 0.754. The monoisotopic (exact) mass is 400 g/mol. The van der Waals surface area contributed by atoms with E-state index in [1.807, 2.05) is 6.07 Å². The molecular weight excluding hydrogens is 380 g/mol. The average molecular weight is 400 g/mol. The van der Waals surface area contributed by atoms with Gasteiger partial charge in [-0.25, -0.2) is 18.1 Å². The molecule has 0 unspecified atom stereocenters. The summed E-state index contributed by atoms with van der Waals surface area (Å²) in [5.41, 5.74) is 1.59. The number of hydrogen-bond donors (Lipinski definition) is 0. The molecule has 2 aromatic rings. The van der Waals surface area contributed by atoms with Gasteiger partial charge in [0.15, 0.2) is 0 Å². The van der Waals surface area contributed by atoms with Crippen molar-refractivity contribution in [3.8, 4) is 6.07 Å². The molecule has 0 saturated carbocycles. The number of aryl methyl sites for hydroxylation is 1. The minimum atomic E-state index is -3.48. The van der Waals surface area contributed by atoms with Crippen molar-refractivity contribution in [2.45, 2.75) is 37.1 Å². The van der Waals surface area contributed by atoms with Crippen LogP contribution in [0.15, 0.2) is 29.4 Å². The van der Waals surface area contributed by atoms with E-state index in [9.17, 15) is 13.2 Å². The number of benzene rings is 1. The van der Waals surface area contributed by atoms with Crippen LogP contribution in [0.1, 0.15) is 30.7 Å². The molecule has 0 aliphatic carbocycles. The molecule has 1 aromatic carbocycles. The van der Waals surface area contributed by atoms with Crippen molar-refractivity contribution in [2.75, 3.05) is 24.5 Å². The van der Waals surface area contributed by atoms with Gasteiger partial charge in [0.05, 0.1) is 4.90 Å². The molecule has 1 fully saturated rings. The highest BCUT2D eigenvalue weighted by Gasteiger charge is 2.29. The van der Waals surface area contributed by atoms with Gasteiger partial charge >= 0.3 is 0 Å². The number of fused-ring (bicyclic) bond motifs is 1. The minimum absolute atomic E-state index is 0.0172. The molecule has 0 bridgehead atoms. The molecular formula is C18H20N6O3S. The van der Waals surface area contributed by atoms with Crippen LogP contribution in [-0.2, 0) is 27.8 Å². The van der Waals surface area contributed by atoms with E-state index in [4.69, 9.17) is 5.26 Å². The number of sulfonamides is 1. The summed E-state index contributed by atoms with van der Waals surface area (Å²) in [7, 11) is -3.48. The van der Waals surface area contributed by atoms with E-state index in [0.29, 0.717) is 19.6 Å². The van der Waals surface area contributed by atoms with Gasteiger partial charge in [-0.05, 0) is 49.4 Å². The zero-order chi connectivity index (χ0) is 19.7. The zero-order valence-corrected chi connectivity index (χ0v) is 16.1. The lowest BCUT2D eigenvalue weighted by molar-refractivity contribution is -0.119. The van der Waals surface area contributed by atoms with Crippen molar-refractivity contribution in [1.29, 1.82) is 5.26 Å². The van der Waals surface area contributed by atoms with Crippen molar-refractivity contribution in [2.24, 2.45) is 0 Å². The highest BCUT2D eigenvalue weighted by Crippen LogP contribution is 2.31. The molecule has 2 aliphatic heterocycles. The second-order valence-corrected chi connectivity index (χ2v) is 8.87. The first-order valence-corrected chi connectivity index (χ1v) is 10.7. The Hall–Kier alpha value is -2.77. The van der Waals surface area contributed by atoms with Crippen molar-refractivity contribution in [1.82, 2.24) is 19.1 Å². The smallest absolute Gasteiger partial charge is 0.252 e. The van der Waals surface area contributed by atoms with Crippen molar-refractivity contribution in [3.63, 3.8) is 0 Å². The summed E-state index contributed by atoms with van der Waals surface area (Å²) in [6.45, 7) is 1.66. The van der Waals surface area contributed by atoms with Crippen LogP contribution in [0.3, 0.4) is 0 Å². The summed E-state index contributed by atoms with van der Waals surface area (Å²) in [6.07, 6.45) is 4.62. The van der Waals surface area contributed by atoms with E-state index < -0.39 is 10.0 Å². The molecule has 1 amide bonds. The Labute approximate surface area is 163 Å². The lowest BCUT2D eigenvalue weighted by Crippen LogP contribution is -2.38. The van der Waals surface area contributed by atoms with Crippen molar-refractivity contribution >= 4 is 21.6 Å². The lowest BCUT2D eigenvalue weighted by atomic mass is 10.0. The number of amides is 1. The van der Waals surface area contributed by atoms with Crippen LogP contribution in [-0.4, -0.2) is 53.0 Å². The van der Waals surface area contributed by atoms with Crippen LogP contribution in [0, 0.1) is 11.3 Å². The molecule has 0 N–H and O–H groups in total. The van der Waals surface area contributed by atoms with Gasteiger partial charge < -0.3 is 4.90 Å². The van der Waals surface area contributed by atoms with Crippen LogP contribution >= 0.6 is 0 Å². The normalized spacial score (nSPS) is 17.3. The number of carbonyl (C=O) groups excluding carboxylic acids is 1. The Morgan fingerprint density at radius 2 is 1.96 bits per heavy atom. The second-order valence-electron chi connectivity index (χ2n) is 6.93. The standard InChI is InChI=1S/C18H20N6O3S/c19-11-17-20-13-22(21-17)12-18(25)24-9-3-4-14-10-15(5-6-16(14)24)28(26,27)23-7-1-2-8-23/h5-6,10,13H,1-4,7-9,12H2. The zero-order valence-electron chi connectivity index (χ0n) is 15.3. The Bertz CT molecular complexity index is 1050. The summed E-state index contributed by atoms with van der Waals surface area (Å²) in [5, 5.41) is 12.7. The molecule has 3 heterocycles. The fourth-order valence-corrected chi connectivity index (χ4v) is 5.28. The van der Waals surface area contributed by atoms with Crippen LogP contribution in [0.4, 0.5) is 5.69 Å². The predicted octanol–water partition coefficient (Wildman–Crippen LogP) is 0.914. The summed E-state index contributed by atoms with van der Waals surface area (Å²) in [5.74, 6) is -0.158. The molecule has 1 aromatic heterocycles.